The molecule has 5 rings (SSSR count). The van der Waals surface area contributed by atoms with Gasteiger partial charge in [-0.25, -0.2) is 4.98 Å². The summed E-state index contributed by atoms with van der Waals surface area (Å²) in [7, 11) is 0. The number of halogens is 1. The summed E-state index contributed by atoms with van der Waals surface area (Å²) in [6.07, 6.45) is 9.03. The first-order chi connectivity index (χ1) is 16.2. The predicted molar refractivity (Wildman–Crippen MR) is 140 cm³/mol. The second-order valence-electron chi connectivity index (χ2n) is 8.22. The van der Waals surface area contributed by atoms with Crippen molar-refractivity contribution in [3.63, 3.8) is 0 Å². The van der Waals surface area contributed by atoms with Crippen molar-refractivity contribution in [2.24, 2.45) is 5.92 Å². The van der Waals surface area contributed by atoms with Crippen LogP contribution in [-0.4, -0.2) is 48.5 Å². The van der Waals surface area contributed by atoms with E-state index in [1.54, 1.807) is 24.7 Å². The van der Waals surface area contributed by atoms with Crippen molar-refractivity contribution in [2.45, 2.75) is 42.1 Å². The maximum atomic E-state index is 13.0. The lowest BCUT2D eigenvalue weighted by molar-refractivity contribution is 0.0914. The quantitative estimate of drug-likeness (QED) is 0.371. The summed E-state index contributed by atoms with van der Waals surface area (Å²) in [5.74, 6) is 0.349. The molecule has 0 saturated heterocycles. The molecule has 3 atom stereocenters. The van der Waals surface area contributed by atoms with Gasteiger partial charge in [-0.15, -0.1) is 4.80 Å². The summed E-state index contributed by atoms with van der Waals surface area (Å²) < 4.78 is 5.45. The maximum absolute atomic E-state index is 13.0. The van der Waals surface area contributed by atoms with Crippen molar-refractivity contribution in [2.75, 3.05) is 11.9 Å². The molecule has 3 aromatic rings. The zero-order chi connectivity index (χ0) is 22.6. The minimum atomic E-state index is -0.172. The highest BCUT2D eigenvalue weighted by atomic mass is 127. The van der Waals surface area contributed by atoms with Gasteiger partial charge in [0.15, 0.2) is 5.69 Å². The van der Waals surface area contributed by atoms with Crippen molar-refractivity contribution in [3.8, 4) is 5.69 Å². The van der Waals surface area contributed by atoms with Crippen LogP contribution in [0.1, 0.15) is 36.2 Å². The summed E-state index contributed by atoms with van der Waals surface area (Å²) in [6.45, 7) is 0.923. The molecule has 1 aromatic carbocycles. The molecule has 3 N–H and O–H groups in total. The van der Waals surface area contributed by atoms with E-state index in [1.165, 1.54) is 25.4 Å². The lowest BCUT2D eigenvalue weighted by atomic mass is 9.85. The van der Waals surface area contributed by atoms with E-state index in [9.17, 15) is 4.79 Å². The van der Waals surface area contributed by atoms with Crippen LogP contribution in [0.2, 0.25) is 0 Å². The van der Waals surface area contributed by atoms with Crippen molar-refractivity contribution >= 4 is 48.6 Å². The molecular weight excluding hydrogens is 549 g/mol. The molecule has 10 heteroatoms. The van der Waals surface area contributed by atoms with Crippen molar-refractivity contribution in [3.05, 3.63) is 58.2 Å². The number of hydrogen-bond acceptors (Lipinski definition) is 7. The molecule has 0 spiro atoms. The molecule has 1 aliphatic heterocycles. The largest absolute Gasteiger partial charge is 0.360 e. The van der Waals surface area contributed by atoms with Crippen LogP contribution in [0.15, 0.2) is 53.8 Å². The number of nitrogens with zero attached hydrogens (tertiary/aromatic N) is 4. The highest BCUT2D eigenvalue weighted by Crippen LogP contribution is 2.38. The van der Waals surface area contributed by atoms with Crippen LogP contribution in [0, 0.1) is 9.49 Å². The second kappa shape index (κ2) is 10.3. The van der Waals surface area contributed by atoms with E-state index in [2.05, 4.69) is 53.8 Å². The van der Waals surface area contributed by atoms with Crippen LogP contribution in [0.3, 0.4) is 0 Å². The van der Waals surface area contributed by atoms with E-state index in [4.69, 9.17) is 0 Å². The molecule has 8 nitrogen and oxygen atoms in total. The Morgan fingerprint density at radius 1 is 1.24 bits per heavy atom. The number of aromatic nitrogens is 4. The Balaban J connectivity index is 1.15. The molecule has 0 bridgehead atoms. The van der Waals surface area contributed by atoms with Crippen LogP contribution in [0.5, 0.6) is 0 Å². The minimum Gasteiger partial charge on any atom is -0.360 e. The Kier molecular flexibility index (Phi) is 7.02. The molecule has 1 fully saturated rings. The number of carbonyl (C=O) groups excluding carboxylic acids is 1. The number of anilines is 1. The monoisotopic (exact) mass is 575 g/mol. The number of amides is 1. The Labute approximate surface area is 207 Å². The first-order valence-corrected chi connectivity index (χ1v) is 14.5. The summed E-state index contributed by atoms with van der Waals surface area (Å²) >= 11 is 1.70. The van der Waals surface area contributed by atoms with E-state index in [1.807, 2.05) is 17.8 Å². The van der Waals surface area contributed by atoms with Crippen LogP contribution in [-0.2, 0) is 0 Å². The normalized spacial score (nSPS) is 21.9. The van der Waals surface area contributed by atoms with Crippen LogP contribution >= 0.6 is 32.5 Å². The second-order valence-corrected chi connectivity index (χ2v) is 11.4. The van der Waals surface area contributed by atoms with E-state index in [0.29, 0.717) is 17.3 Å². The van der Waals surface area contributed by atoms with Gasteiger partial charge in [-0.05, 0) is 55.5 Å². The molecule has 3 heterocycles. The van der Waals surface area contributed by atoms with Crippen LogP contribution < -0.4 is 16.0 Å². The molecule has 172 valence electrons. The molecule has 0 radical (unpaired) electrons. The third-order valence-corrected chi connectivity index (χ3v) is 8.64. The van der Waals surface area contributed by atoms with Gasteiger partial charge in [-0.1, -0.05) is 43.4 Å². The average molecular weight is 575 g/mol. The Hall–Kier alpha value is -2.31. The van der Waals surface area contributed by atoms with Crippen LogP contribution in [0.25, 0.3) is 5.69 Å². The fourth-order valence-electron chi connectivity index (χ4n) is 4.39. The molecule has 2 aliphatic rings. The highest BCUT2D eigenvalue weighted by Gasteiger charge is 2.27. The Morgan fingerprint density at radius 2 is 2.12 bits per heavy atom. The minimum absolute atomic E-state index is 0.134. The zero-order valence-electron chi connectivity index (χ0n) is 18.1. The van der Waals surface area contributed by atoms with Gasteiger partial charge in [0, 0.05) is 32.9 Å². The highest BCUT2D eigenvalue weighted by molar-refractivity contribution is 14.2. The maximum Gasteiger partial charge on any atom is 0.272 e. The van der Waals surface area contributed by atoms with Gasteiger partial charge in [0.05, 0.1) is 12.4 Å². The lowest BCUT2D eigenvalue weighted by Crippen LogP contribution is -2.42. The number of carbonyl (C=O) groups is 1. The van der Waals surface area contributed by atoms with Gasteiger partial charge in [0.25, 0.3) is 5.91 Å². The molecule has 1 amide bonds. The summed E-state index contributed by atoms with van der Waals surface area (Å²) in [5, 5.41) is 18.7. The fourth-order valence-corrected chi connectivity index (χ4v) is 6.64. The van der Waals surface area contributed by atoms with E-state index in [0.717, 1.165) is 25.8 Å². The van der Waals surface area contributed by atoms with Gasteiger partial charge in [-0.2, -0.15) is 10.2 Å². The number of pyridine rings is 1. The average Bonchev–Trinajstić information content (AvgIpc) is 3.52. The number of hydrogen-bond donors (Lipinski definition) is 3. The van der Waals surface area contributed by atoms with Crippen LogP contribution in [0.4, 0.5) is 5.69 Å². The van der Waals surface area contributed by atoms with Crippen molar-refractivity contribution in [1.82, 2.24) is 30.6 Å². The summed E-state index contributed by atoms with van der Waals surface area (Å²) in [4.78, 5) is 20.0. The summed E-state index contributed by atoms with van der Waals surface area (Å²) in [5.41, 5.74) is 2.32. The van der Waals surface area contributed by atoms with Gasteiger partial charge in [0.2, 0.25) is 0 Å². The number of fused-ring (bicyclic) bond motifs is 1. The SMILES string of the molecule is C=Ic1ccc2c(c1)SC(NCC1CCCC(NC(=O)c3ncccc3-n3nccn3)C1)N2. The van der Waals surface area contributed by atoms with Gasteiger partial charge in [0.1, 0.15) is 11.2 Å². The predicted octanol–water partition coefficient (Wildman–Crippen LogP) is 3.61. The first kappa shape index (κ1) is 22.5. The lowest BCUT2D eigenvalue weighted by Gasteiger charge is -2.30. The van der Waals surface area contributed by atoms with E-state index < -0.39 is 0 Å². The fraction of sp³-hybridized carbons (Fsp3) is 0.348. The molecule has 3 unspecified atom stereocenters. The Bertz CT molecular complexity index is 1140. The third-order valence-electron chi connectivity index (χ3n) is 5.98. The standard InChI is InChI=1S/C23H26IN7OS/c1-24-16-7-8-18-20(13-16)33-23(30-18)26-14-15-4-2-5-17(12-15)29-22(32)21-19(6-3-9-25-21)31-27-10-11-28-31/h3,6-11,13,15,17,23,26,30H,1-2,4-5,12,14H2,(H,29,32). The Morgan fingerprint density at radius 3 is 2.97 bits per heavy atom. The summed E-state index contributed by atoms with van der Waals surface area (Å²) in [6, 6.07) is 10.4. The number of thioether (sulfide) groups is 1. The zero-order valence-corrected chi connectivity index (χ0v) is 21.1. The van der Waals surface area contributed by atoms with Gasteiger partial charge >= 0.3 is 0 Å². The van der Waals surface area contributed by atoms with Crippen molar-refractivity contribution in [1.29, 1.82) is 0 Å². The van der Waals surface area contributed by atoms with E-state index in [-0.39, 0.29) is 38.2 Å². The smallest absolute Gasteiger partial charge is 0.272 e. The van der Waals surface area contributed by atoms with E-state index >= 15 is 0 Å². The van der Waals surface area contributed by atoms with Gasteiger partial charge in [-0.3, -0.25) is 10.1 Å². The molecule has 1 saturated carbocycles. The molecule has 33 heavy (non-hydrogen) atoms. The third kappa shape index (κ3) is 5.28. The number of benzene rings is 1. The topological polar surface area (TPSA) is 96.8 Å². The molecule has 2 aromatic heterocycles. The number of nitrogens with one attached hydrogen (secondary N) is 3. The first-order valence-electron chi connectivity index (χ1n) is 11.0. The van der Waals surface area contributed by atoms with Gasteiger partial charge < -0.3 is 10.6 Å². The molecule has 1 aliphatic carbocycles. The molecular formula is C23H26IN7OS. The van der Waals surface area contributed by atoms with Crippen molar-refractivity contribution < 1.29 is 4.79 Å². The number of rotatable bonds is 7.